The summed E-state index contributed by atoms with van der Waals surface area (Å²) in [5.41, 5.74) is 2.95. The van der Waals surface area contributed by atoms with Crippen LogP contribution in [0.25, 0.3) is 11.0 Å². The number of hydrogen-bond donors (Lipinski definition) is 1. The maximum atomic E-state index is 12.9. The summed E-state index contributed by atoms with van der Waals surface area (Å²) in [6, 6.07) is 6.01. The average Bonchev–Trinajstić information content (AvgIpc) is 3.18. The Morgan fingerprint density at radius 2 is 2.20 bits per heavy atom. The van der Waals surface area contributed by atoms with Gasteiger partial charge in [0.05, 0.1) is 23.6 Å². The third-order valence-electron chi connectivity index (χ3n) is 4.64. The van der Waals surface area contributed by atoms with Gasteiger partial charge in [0, 0.05) is 26.2 Å². The lowest BCUT2D eigenvalue weighted by atomic mass is 10.1. The minimum absolute atomic E-state index is 0.160. The van der Waals surface area contributed by atoms with Crippen LogP contribution >= 0.6 is 0 Å². The van der Waals surface area contributed by atoms with E-state index in [0.29, 0.717) is 13.0 Å². The fourth-order valence-electron chi connectivity index (χ4n) is 3.25. The molecule has 1 atom stereocenters. The van der Waals surface area contributed by atoms with E-state index < -0.39 is 0 Å². The van der Waals surface area contributed by atoms with Crippen LogP contribution in [0.3, 0.4) is 0 Å². The maximum absolute atomic E-state index is 12.9. The molecule has 1 amide bonds. The Morgan fingerprint density at radius 3 is 2.92 bits per heavy atom. The lowest BCUT2D eigenvalue weighted by Crippen LogP contribution is -2.42. The SMILES string of the molecule is Cc1nc2ccc(CC(=O)N(CCN(C)C)CC3CCCO3)cc2[nH]1. The van der Waals surface area contributed by atoms with Crippen molar-refractivity contribution in [3.8, 4) is 0 Å². The molecule has 0 spiro atoms. The van der Waals surface area contributed by atoms with Gasteiger partial charge in [-0.1, -0.05) is 6.07 Å². The van der Waals surface area contributed by atoms with Crippen molar-refractivity contribution >= 4 is 16.9 Å². The number of aromatic nitrogens is 2. The third kappa shape index (κ3) is 4.80. The lowest BCUT2D eigenvalue weighted by Gasteiger charge is -2.27. The van der Waals surface area contributed by atoms with E-state index in [9.17, 15) is 4.79 Å². The van der Waals surface area contributed by atoms with E-state index in [4.69, 9.17) is 4.74 Å². The van der Waals surface area contributed by atoms with Crippen molar-refractivity contribution < 1.29 is 9.53 Å². The monoisotopic (exact) mass is 344 g/mol. The molecule has 0 saturated carbocycles. The van der Waals surface area contributed by atoms with Crippen molar-refractivity contribution in [2.45, 2.75) is 32.3 Å². The largest absolute Gasteiger partial charge is 0.376 e. The van der Waals surface area contributed by atoms with E-state index in [2.05, 4.69) is 14.9 Å². The number of hydrogen-bond acceptors (Lipinski definition) is 4. The number of ether oxygens (including phenoxy) is 1. The Morgan fingerprint density at radius 1 is 1.36 bits per heavy atom. The molecule has 1 aliphatic heterocycles. The number of nitrogens with one attached hydrogen (secondary N) is 1. The van der Waals surface area contributed by atoms with Crippen LogP contribution in [0.5, 0.6) is 0 Å². The Hall–Kier alpha value is -1.92. The van der Waals surface area contributed by atoms with Crippen LogP contribution in [0.2, 0.25) is 0 Å². The second-order valence-corrected chi connectivity index (χ2v) is 7.13. The Balaban J connectivity index is 1.68. The highest BCUT2D eigenvalue weighted by Gasteiger charge is 2.22. The molecular formula is C19H28N4O2. The molecule has 0 aliphatic carbocycles. The number of carbonyl (C=O) groups is 1. The van der Waals surface area contributed by atoms with Crippen molar-refractivity contribution in [1.29, 1.82) is 0 Å². The number of nitrogens with zero attached hydrogens (tertiary/aromatic N) is 3. The topological polar surface area (TPSA) is 61.5 Å². The van der Waals surface area contributed by atoms with Gasteiger partial charge in [-0.25, -0.2) is 4.98 Å². The highest BCUT2D eigenvalue weighted by Crippen LogP contribution is 2.17. The first-order valence-corrected chi connectivity index (χ1v) is 9.00. The van der Waals surface area contributed by atoms with Gasteiger partial charge in [0.15, 0.2) is 0 Å². The molecule has 1 aliphatic rings. The Labute approximate surface area is 149 Å². The summed E-state index contributed by atoms with van der Waals surface area (Å²) in [4.78, 5) is 24.6. The van der Waals surface area contributed by atoms with Crippen LogP contribution in [-0.2, 0) is 16.0 Å². The molecule has 1 N–H and O–H groups in total. The summed E-state index contributed by atoms with van der Waals surface area (Å²) in [5.74, 6) is 1.05. The summed E-state index contributed by atoms with van der Waals surface area (Å²) in [7, 11) is 4.06. The first kappa shape index (κ1) is 17.9. The molecule has 1 fully saturated rings. The zero-order chi connectivity index (χ0) is 17.8. The van der Waals surface area contributed by atoms with Crippen LogP contribution in [0, 0.1) is 6.92 Å². The maximum Gasteiger partial charge on any atom is 0.227 e. The minimum atomic E-state index is 0.160. The summed E-state index contributed by atoms with van der Waals surface area (Å²) >= 11 is 0. The third-order valence-corrected chi connectivity index (χ3v) is 4.64. The van der Waals surface area contributed by atoms with E-state index in [0.717, 1.165) is 55.0 Å². The van der Waals surface area contributed by atoms with E-state index >= 15 is 0 Å². The van der Waals surface area contributed by atoms with Crippen LogP contribution in [0.1, 0.15) is 24.2 Å². The lowest BCUT2D eigenvalue weighted by molar-refractivity contribution is -0.132. The molecule has 25 heavy (non-hydrogen) atoms. The smallest absolute Gasteiger partial charge is 0.227 e. The van der Waals surface area contributed by atoms with Gasteiger partial charge in [-0.05, 0) is 51.6 Å². The van der Waals surface area contributed by atoms with Crippen molar-refractivity contribution in [2.24, 2.45) is 0 Å². The quantitative estimate of drug-likeness (QED) is 0.834. The summed E-state index contributed by atoms with van der Waals surface area (Å²) in [6.45, 7) is 5.04. The molecule has 2 heterocycles. The molecule has 1 aromatic heterocycles. The van der Waals surface area contributed by atoms with Gasteiger partial charge < -0.3 is 19.5 Å². The van der Waals surface area contributed by atoms with E-state index in [1.807, 2.05) is 44.1 Å². The highest BCUT2D eigenvalue weighted by molar-refractivity contribution is 5.82. The fourth-order valence-corrected chi connectivity index (χ4v) is 3.25. The van der Waals surface area contributed by atoms with E-state index in [-0.39, 0.29) is 12.0 Å². The molecule has 1 unspecified atom stereocenters. The molecule has 136 valence electrons. The van der Waals surface area contributed by atoms with Crippen molar-refractivity contribution in [3.05, 3.63) is 29.6 Å². The number of fused-ring (bicyclic) bond motifs is 1. The van der Waals surface area contributed by atoms with Gasteiger partial charge >= 0.3 is 0 Å². The fraction of sp³-hybridized carbons (Fsp3) is 0.579. The normalized spacial score (nSPS) is 17.5. The van der Waals surface area contributed by atoms with Crippen molar-refractivity contribution in [3.63, 3.8) is 0 Å². The van der Waals surface area contributed by atoms with Gasteiger partial charge in [-0.2, -0.15) is 0 Å². The van der Waals surface area contributed by atoms with Gasteiger partial charge in [0.2, 0.25) is 5.91 Å². The molecule has 1 saturated heterocycles. The van der Waals surface area contributed by atoms with Gasteiger partial charge in [-0.15, -0.1) is 0 Å². The number of aryl methyl sites for hydroxylation is 1. The summed E-state index contributed by atoms with van der Waals surface area (Å²) < 4.78 is 5.73. The molecule has 0 bridgehead atoms. The number of aromatic amines is 1. The molecule has 3 rings (SSSR count). The minimum Gasteiger partial charge on any atom is -0.376 e. The second-order valence-electron chi connectivity index (χ2n) is 7.13. The van der Waals surface area contributed by atoms with E-state index in [1.165, 1.54) is 0 Å². The molecule has 0 radical (unpaired) electrons. The van der Waals surface area contributed by atoms with E-state index in [1.54, 1.807) is 0 Å². The summed E-state index contributed by atoms with van der Waals surface area (Å²) in [5, 5.41) is 0. The van der Waals surface area contributed by atoms with Crippen LogP contribution in [0.15, 0.2) is 18.2 Å². The Kier molecular flexibility index (Phi) is 5.71. The van der Waals surface area contributed by atoms with Crippen molar-refractivity contribution in [2.75, 3.05) is 40.3 Å². The van der Waals surface area contributed by atoms with Crippen LogP contribution < -0.4 is 0 Å². The molecular weight excluding hydrogens is 316 g/mol. The molecule has 6 nitrogen and oxygen atoms in total. The highest BCUT2D eigenvalue weighted by atomic mass is 16.5. The zero-order valence-corrected chi connectivity index (χ0v) is 15.4. The predicted octanol–water partition coefficient (Wildman–Crippen LogP) is 1.98. The summed E-state index contributed by atoms with van der Waals surface area (Å²) in [6.07, 6.45) is 2.74. The average molecular weight is 344 g/mol. The second kappa shape index (κ2) is 7.97. The van der Waals surface area contributed by atoms with Gasteiger partial charge in [0.1, 0.15) is 5.82 Å². The predicted molar refractivity (Wildman–Crippen MR) is 98.6 cm³/mol. The Bertz CT molecular complexity index is 719. The number of likely N-dealkylation sites (N-methyl/N-ethyl adjacent to an activating group) is 1. The molecule has 6 heteroatoms. The van der Waals surface area contributed by atoms with Crippen molar-refractivity contribution in [1.82, 2.24) is 19.8 Å². The van der Waals surface area contributed by atoms with Gasteiger partial charge in [0.25, 0.3) is 0 Å². The number of H-pyrrole nitrogens is 1. The van der Waals surface area contributed by atoms with Crippen LogP contribution in [-0.4, -0.2) is 72.1 Å². The van der Waals surface area contributed by atoms with Crippen LogP contribution in [0.4, 0.5) is 0 Å². The number of benzene rings is 1. The number of rotatable bonds is 7. The number of imidazole rings is 1. The number of amides is 1. The molecule has 1 aromatic carbocycles. The first-order chi connectivity index (χ1) is 12.0. The molecule has 2 aromatic rings. The number of carbonyl (C=O) groups excluding carboxylic acids is 1. The standard InChI is InChI=1S/C19H28N4O2/c1-14-20-17-7-6-15(11-18(17)21-14)12-19(24)23(9-8-22(2)3)13-16-5-4-10-25-16/h6-7,11,16H,4-5,8-10,12-13H2,1-3H3,(H,20,21). The first-order valence-electron chi connectivity index (χ1n) is 9.00. The van der Waals surface area contributed by atoms with Gasteiger partial charge in [-0.3, -0.25) is 4.79 Å². The zero-order valence-electron chi connectivity index (χ0n) is 15.4.